The molecule has 3 rings (SSSR count). The third-order valence-corrected chi connectivity index (χ3v) is 4.04. The topological polar surface area (TPSA) is 29.9 Å². The van der Waals surface area contributed by atoms with Gasteiger partial charge in [0.25, 0.3) is 0 Å². The molecule has 2 aromatic rings. The van der Waals surface area contributed by atoms with Gasteiger partial charge in [0.2, 0.25) is 0 Å². The van der Waals surface area contributed by atoms with Crippen molar-refractivity contribution in [2.75, 3.05) is 6.54 Å². The van der Waals surface area contributed by atoms with E-state index in [0.717, 1.165) is 24.9 Å². The van der Waals surface area contributed by atoms with Crippen LogP contribution in [0.15, 0.2) is 18.2 Å². The van der Waals surface area contributed by atoms with Crippen LogP contribution in [0.4, 0.5) is 0 Å². The molecule has 0 radical (unpaired) electrons. The van der Waals surface area contributed by atoms with E-state index in [0.29, 0.717) is 6.04 Å². The summed E-state index contributed by atoms with van der Waals surface area (Å²) < 4.78 is 2.26. The molecule has 18 heavy (non-hydrogen) atoms. The summed E-state index contributed by atoms with van der Waals surface area (Å²) in [6.07, 6.45) is 4.71. The summed E-state index contributed by atoms with van der Waals surface area (Å²) in [4.78, 5) is 4.77. The van der Waals surface area contributed by atoms with Crippen molar-refractivity contribution in [1.82, 2.24) is 14.9 Å². The highest BCUT2D eigenvalue weighted by Crippen LogP contribution is 2.19. The summed E-state index contributed by atoms with van der Waals surface area (Å²) in [6, 6.07) is 7.23. The molecule has 1 aromatic carbocycles. The fraction of sp³-hybridized carbons (Fsp3) is 0.533. The van der Waals surface area contributed by atoms with E-state index in [1.807, 2.05) is 0 Å². The minimum atomic E-state index is 0.617. The highest BCUT2D eigenvalue weighted by atomic mass is 15.1. The lowest BCUT2D eigenvalue weighted by molar-refractivity contribution is 0.575. The van der Waals surface area contributed by atoms with Gasteiger partial charge in [-0.3, -0.25) is 0 Å². The van der Waals surface area contributed by atoms with Gasteiger partial charge in [-0.2, -0.15) is 0 Å². The van der Waals surface area contributed by atoms with Crippen LogP contribution < -0.4 is 5.32 Å². The van der Waals surface area contributed by atoms with Gasteiger partial charge < -0.3 is 9.88 Å². The lowest BCUT2D eigenvalue weighted by atomic mass is 10.1. The van der Waals surface area contributed by atoms with Crippen LogP contribution in [0.5, 0.6) is 0 Å². The van der Waals surface area contributed by atoms with Gasteiger partial charge in [-0.25, -0.2) is 4.98 Å². The zero-order chi connectivity index (χ0) is 12.5. The summed E-state index contributed by atoms with van der Waals surface area (Å²) in [7, 11) is 2.14. The molecule has 1 N–H and O–H groups in total. The lowest BCUT2D eigenvalue weighted by Crippen LogP contribution is -2.25. The Labute approximate surface area is 108 Å². The molecule has 2 heterocycles. The fourth-order valence-corrected chi connectivity index (χ4v) is 2.84. The van der Waals surface area contributed by atoms with Crippen LogP contribution in [-0.2, 0) is 19.9 Å². The first-order valence-electron chi connectivity index (χ1n) is 6.95. The van der Waals surface area contributed by atoms with Crippen LogP contribution >= 0.6 is 0 Å². The quantitative estimate of drug-likeness (QED) is 0.897. The average Bonchev–Trinajstić information content (AvgIpc) is 2.99. The monoisotopic (exact) mass is 243 g/mol. The van der Waals surface area contributed by atoms with Crippen molar-refractivity contribution in [3.8, 4) is 0 Å². The number of fused-ring (bicyclic) bond motifs is 1. The van der Waals surface area contributed by atoms with E-state index in [9.17, 15) is 0 Å². The van der Waals surface area contributed by atoms with Gasteiger partial charge in [-0.1, -0.05) is 13.0 Å². The second-order valence-corrected chi connectivity index (χ2v) is 5.26. The number of nitrogens with zero attached hydrogens (tertiary/aromatic N) is 2. The third-order valence-electron chi connectivity index (χ3n) is 4.04. The molecule has 3 nitrogen and oxygen atoms in total. The van der Waals surface area contributed by atoms with Gasteiger partial charge in [-0.05, 0) is 43.5 Å². The maximum Gasteiger partial charge on any atom is 0.111 e. The second-order valence-electron chi connectivity index (χ2n) is 5.26. The lowest BCUT2D eigenvalue weighted by Gasteiger charge is -2.09. The van der Waals surface area contributed by atoms with Crippen molar-refractivity contribution in [2.45, 2.75) is 38.6 Å². The summed E-state index contributed by atoms with van der Waals surface area (Å²) in [6.45, 7) is 3.36. The molecule has 96 valence electrons. The zero-order valence-corrected chi connectivity index (χ0v) is 11.2. The van der Waals surface area contributed by atoms with E-state index in [-0.39, 0.29) is 0 Å². The number of aryl methyl sites for hydroxylation is 2. The molecule has 3 heteroatoms. The normalized spacial score (nSPS) is 19.8. The van der Waals surface area contributed by atoms with Crippen molar-refractivity contribution >= 4 is 11.0 Å². The number of benzene rings is 1. The molecule has 1 atom stereocenters. The summed E-state index contributed by atoms with van der Waals surface area (Å²) >= 11 is 0. The van der Waals surface area contributed by atoms with Crippen molar-refractivity contribution in [1.29, 1.82) is 0 Å². The number of nitrogens with one attached hydrogen (secondary N) is 1. The van der Waals surface area contributed by atoms with Gasteiger partial charge >= 0.3 is 0 Å². The number of hydrogen-bond donors (Lipinski definition) is 1. The molecular formula is C15H21N3. The number of aromatic nitrogens is 2. The third kappa shape index (κ3) is 2.03. The van der Waals surface area contributed by atoms with Crippen LogP contribution in [0.2, 0.25) is 0 Å². The number of rotatable bonds is 3. The smallest absolute Gasteiger partial charge is 0.111 e. The molecule has 0 saturated carbocycles. The molecule has 1 aliphatic rings. The fourth-order valence-electron chi connectivity index (χ4n) is 2.84. The molecule has 1 aromatic heterocycles. The van der Waals surface area contributed by atoms with Crippen molar-refractivity contribution in [3.63, 3.8) is 0 Å². The molecule has 1 fully saturated rings. The first kappa shape index (κ1) is 11.7. The van der Waals surface area contributed by atoms with E-state index >= 15 is 0 Å². The van der Waals surface area contributed by atoms with Crippen LogP contribution in [0, 0.1) is 0 Å². The molecule has 0 amide bonds. The largest absolute Gasteiger partial charge is 0.331 e. The van der Waals surface area contributed by atoms with E-state index in [1.54, 1.807) is 0 Å². The van der Waals surface area contributed by atoms with Crippen LogP contribution in [-0.4, -0.2) is 22.1 Å². The van der Waals surface area contributed by atoms with E-state index in [1.165, 1.54) is 29.7 Å². The van der Waals surface area contributed by atoms with Gasteiger partial charge in [0, 0.05) is 19.5 Å². The SMILES string of the molecule is CCc1ccc2nc(CC3CCCN3)n(C)c2c1. The van der Waals surface area contributed by atoms with Crippen LogP contribution in [0.1, 0.15) is 31.2 Å². The molecule has 0 bridgehead atoms. The van der Waals surface area contributed by atoms with Gasteiger partial charge in [0.1, 0.15) is 5.82 Å². The maximum atomic E-state index is 4.77. The van der Waals surface area contributed by atoms with Crippen molar-refractivity contribution in [2.24, 2.45) is 7.05 Å². The van der Waals surface area contributed by atoms with Gasteiger partial charge in [-0.15, -0.1) is 0 Å². The molecular weight excluding hydrogens is 222 g/mol. The summed E-state index contributed by atoms with van der Waals surface area (Å²) in [5.74, 6) is 1.21. The summed E-state index contributed by atoms with van der Waals surface area (Å²) in [5, 5.41) is 3.55. The van der Waals surface area contributed by atoms with E-state index < -0.39 is 0 Å². The predicted molar refractivity (Wildman–Crippen MR) is 74.8 cm³/mol. The maximum absolute atomic E-state index is 4.77. The number of imidazole rings is 1. The molecule has 0 aliphatic carbocycles. The van der Waals surface area contributed by atoms with E-state index in [2.05, 4.69) is 42.1 Å². The Balaban J connectivity index is 1.94. The molecule has 1 saturated heterocycles. The molecule has 1 aliphatic heterocycles. The highest BCUT2D eigenvalue weighted by Gasteiger charge is 2.17. The molecule has 1 unspecified atom stereocenters. The van der Waals surface area contributed by atoms with E-state index in [4.69, 9.17) is 4.98 Å². The Bertz CT molecular complexity index is 550. The average molecular weight is 243 g/mol. The van der Waals surface area contributed by atoms with Crippen molar-refractivity contribution in [3.05, 3.63) is 29.6 Å². The van der Waals surface area contributed by atoms with Gasteiger partial charge in [0.05, 0.1) is 11.0 Å². The highest BCUT2D eigenvalue weighted by molar-refractivity contribution is 5.76. The Kier molecular flexibility index (Phi) is 3.08. The van der Waals surface area contributed by atoms with Gasteiger partial charge in [0.15, 0.2) is 0 Å². The second kappa shape index (κ2) is 4.73. The summed E-state index contributed by atoms with van der Waals surface area (Å²) in [5.41, 5.74) is 3.78. The van der Waals surface area contributed by atoms with Crippen LogP contribution in [0.3, 0.4) is 0 Å². The minimum Gasteiger partial charge on any atom is -0.331 e. The standard InChI is InChI=1S/C15H21N3/c1-3-11-6-7-13-14(9-11)18(2)15(17-13)10-12-5-4-8-16-12/h6-7,9,12,16H,3-5,8,10H2,1-2H3. The van der Waals surface area contributed by atoms with Crippen LogP contribution in [0.25, 0.3) is 11.0 Å². The number of hydrogen-bond acceptors (Lipinski definition) is 2. The zero-order valence-electron chi connectivity index (χ0n) is 11.2. The van der Waals surface area contributed by atoms with Crippen molar-refractivity contribution < 1.29 is 0 Å². The first-order chi connectivity index (χ1) is 8.78. The molecule has 0 spiro atoms. The Morgan fingerprint density at radius 3 is 3.06 bits per heavy atom. The minimum absolute atomic E-state index is 0.617. The Morgan fingerprint density at radius 2 is 2.33 bits per heavy atom. The first-order valence-corrected chi connectivity index (χ1v) is 6.95. The Hall–Kier alpha value is -1.35. The predicted octanol–water partition coefficient (Wildman–Crippen LogP) is 2.43. The Morgan fingerprint density at radius 1 is 1.44 bits per heavy atom.